The van der Waals surface area contributed by atoms with Crippen molar-refractivity contribution in [1.29, 1.82) is 0 Å². The van der Waals surface area contributed by atoms with Gasteiger partial charge in [-0.15, -0.1) is 0 Å². The molecular formula is C24H27ClN4O3. The summed E-state index contributed by atoms with van der Waals surface area (Å²) in [5.41, 5.74) is 0.0353. The molecule has 1 aliphatic heterocycles. The number of pyridine rings is 1. The molecule has 2 aromatic rings. The summed E-state index contributed by atoms with van der Waals surface area (Å²) in [7, 11) is 0. The number of carboxylic acids is 1. The van der Waals surface area contributed by atoms with Crippen molar-refractivity contribution in [1.82, 2.24) is 14.8 Å². The molecule has 2 heterocycles. The largest absolute Gasteiger partial charge is 0.479 e. The Morgan fingerprint density at radius 1 is 0.938 bits per heavy atom. The fraction of sp³-hybridized carbons (Fsp3) is 0.417. The topological polar surface area (TPSA) is 86.1 Å². The van der Waals surface area contributed by atoms with Crippen molar-refractivity contribution in [3.8, 4) is 0 Å². The maximum absolute atomic E-state index is 12.9. The highest BCUT2D eigenvalue weighted by Gasteiger charge is 2.41. The van der Waals surface area contributed by atoms with Gasteiger partial charge >= 0.3 is 5.97 Å². The number of aliphatic imine (C=N–C) groups is 1. The molecule has 0 bridgehead atoms. The van der Waals surface area contributed by atoms with E-state index >= 15 is 0 Å². The van der Waals surface area contributed by atoms with Gasteiger partial charge in [-0.3, -0.25) is 9.78 Å². The van der Waals surface area contributed by atoms with Crippen LogP contribution in [-0.2, 0) is 4.79 Å². The Bertz CT molecular complexity index is 997. The lowest BCUT2D eigenvalue weighted by molar-refractivity contribution is -0.144. The maximum Gasteiger partial charge on any atom is 0.331 e. The van der Waals surface area contributed by atoms with E-state index in [2.05, 4.69) is 9.88 Å². The zero-order valence-electron chi connectivity index (χ0n) is 17.9. The standard InChI is InChI=1S/C24H27ClN4O3/c25-19-9-3-2-8-18(19)22(30)29-16-14-28(15-17-29)21(20-10-4-7-13-26-20)27-24(23(31)32)11-5-1-6-12-24/h2-4,7-10,13H,1,5-6,11-12,14-17H2,(H,31,32). The molecule has 1 saturated carbocycles. The summed E-state index contributed by atoms with van der Waals surface area (Å²) in [6.07, 6.45) is 5.49. The van der Waals surface area contributed by atoms with Crippen molar-refractivity contribution in [3.05, 3.63) is 64.9 Å². The molecule has 8 heteroatoms. The number of rotatable bonds is 4. The summed E-state index contributed by atoms with van der Waals surface area (Å²) >= 11 is 6.21. The molecule has 2 fully saturated rings. The maximum atomic E-state index is 12.9. The van der Waals surface area contributed by atoms with Gasteiger partial charge < -0.3 is 14.9 Å². The Hall–Kier alpha value is -2.93. The number of piperazine rings is 1. The number of aliphatic carboxylic acids is 1. The average Bonchev–Trinajstić information content (AvgIpc) is 2.84. The van der Waals surface area contributed by atoms with E-state index in [1.165, 1.54) is 0 Å². The predicted octanol–water partition coefficient (Wildman–Crippen LogP) is 3.73. The normalized spacial score (nSPS) is 19.0. The van der Waals surface area contributed by atoms with Gasteiger partial charge in [-0.25, -0.2) is 9.79 Å². The Morgan fingerprint density at radius 2 is 1.59 bits per heavy atom. The number of amides is 1. The Morgan fingerprint density at radius 3 is 2.22 bits per heavy atom. The molecule has 168 valence electrons. The number of carbonyl (C=O) groups excluding carboxylic acids is 1. The molecule has 32 heavy (non-hydrogen) atoms. The van der Waals surface area contributed by atoms with Crippen molar-refractivity contribution in [3.63, 3.8) is 0 Å². The first kappa shape index (κ1) is 22.3. The number of benzene rings is 1. The van der Waals surface area contributed by atoms with Crippen LogP contribution in [0.1, 0.15) is 48.2 Å². The van der Waals surface area contributed by atoms with Crippen LogP contribution in [0.25, 0.3) is 0 Å². The summed E-state index contributed by atoms with van der Waals surface area (Å²) in [6.45, 7) is 2.08. The van der Waals surface area contributed by atoms with Crippen molar-refractivity contribution < 1.29 is 14.7 Å². The minimum absolute atomic E-state index is 0.0964. The molecule has 0 unspecified atom stereocenters. The second-order valence-corrected chi connectivity index (χ2v) is 8.71. The molecule has 1 saturated heterocycles. The van der Waals surface area contributed by atoms with Crippen molar-refractivity contribution in [2.24, 2.45) is 4.99 Å². The van der Waals surface area contributed by atoms with E-state index in [0.717, 1.165) is 19.3 Å². The fourth-order valence-electron chi connectivity index (χ4n) is 4.42. The third kappa shape index (κ3) is 4.63. The predicted molar refractivity (Wildman–Crippen MR) is 123 cm³/mol. The number of hydrogen-bond donors (Lipinski definition) is 1. The Balaban J connectivity index is 1.58. The number of amidine groups is 1. The SMILES string of the molecule is O=C(c1ccccc1Cl)N1CCN(C(=NC2(C(=O)O)CCCCC2)c2ccccn2)CC1. The van der Waals surface area contributed by atoms with Gasteiger partial charge in [0.25, 0.3) is 5.91 Å². The molecule has 1 aromatic heterocycles. The van der Waals surface area contributed by atoms with Crippen LogP contribution in [0.4, 0.5) is 0 Å². The van der Waals surface area contributed by atoms with E-state index in [1.807, 2.05) is 18.2 Å². The van der Waals surface area contributed by atoms with Gasteiger partial charge in [-0.2, -0.15) is 0 Å². The number of carboxylic acid groups (broad SMARTS) is 1. The van der Waals surface area contributed by atoms with Crippen LogP contribution in [-0.4, -0.2) is 69.3 Å². The Labute approximate surface area is 192 Å². The molecule has 2 aliphatic rings. The van der Waals surface area contributed by atoms with E-state index < -0.39 is 11.5 Å². The smallest absolute Gasteiger partial charge is 0.331 e. The fourth-order valence-corrected chi connectivity index (χ4v) is 4.64. The molecule has 0 radical (unpaired) electrons. The first-order valence-corrected chi connectivity index (χ1v) is 11.4. The molecule has 1 amide bonds. The monoisotopic (exact) mass is 454 g/mol. The van der Waals surface area contributed by atoms with Crippen LogP contribution < -0.4 is 0 Å². The molecule has 1 aromatic carbocycles. The van der Waals surface area contributed by atoms with Gasteiger partial charge in [0.15, 0.2) is 11.4 Å². The first-order valence-electron chi connectivity index (χ1n) is 11.0. The van der Waals surface area contributed by atoms with Crippen LogP contribution in [0.15, 0.2) is 53.7 Å². The minimum Gasteiger partial charge on any atom is -0.479 e. The van der Waals surface area contributed by atoms with Crippen LogP contribution in [0.5, 0.6) is 0 Å². The van der Waals surface area contributed by atoms with Gasteiger partial charge in [0, 0.05) is 32.4 Å². The summed E-state index contributed by atoms with van der Waals surface area (Å²) in [5, 5.41) is 10.5. The number of aromatic nitrogens is 1. The lowest BCUT2D eigenvalue weighted by Crippen LogP contribution is -2.52. The van der Waals surface area contributed by atoms with Gasteiger partial charge in [0.05, 0.1) is 10.6 Å². The van der Waals surface area contributed by atoms with Crippen molar-refractivity contribution in [2.45, 2.75) is 37.6 Å². The summed E-state index contributed by atoms with van der Waals surface area (Å²) < 4.78 is 0. The van der Waals surface area contributed by atoms with E-state index in [4.69, 9.17) is 16.6 Å². The zero-order valence-corrected chi connectivity index (χ0v) is 18.7. The summed E-state index contributed by atoms with van der Waals surface area (Å²) in [4.78, 5) is 38.3. The number of nitrogens with zero attached hydrogens (tertiary/aromatic N) is 4. The second-order valence-electron chi connectivity index (χ2n) is 8.31. The highest BCUT2D eigenvalue weighted by atomic mass is 35.5. The molecular weight excluding hydrogens is 428 g/mol. The molecule has 1 N–H and O–H groups in total. The number of carbonyl (C=O) groups is 2. The van der Waals surface area contributed by atoms with Gasteiger partial charge in [-0.1, -0.05) is 49.1 Å². The minimum atomic E-state index is -1.12. The molecule has 7 nitrogen and oxygen atoms in total. The third-order valence-electron chi connectivity index (χ3n) is 6.26. The van der Waals surface area contributed by atoms with Crippen molar-refractivity contribution >= 4 is 29.3 Å². The zero-order chi connectivity index (χ0) is 22.6. The highest BCUT2D eigenvalue weighted by Crippen LogP contribution is 2.33. The molecule has 4 rings (SSSR count). The van der Waals surface area contributed by atoms with Crippen LogP contribution in [0.2, 0.25) is 5.02 Å². The van der Waals surface area contributed by atoms with E-state index in [9.17, 15) is 14.7 Å². The molecule has 0 spiro atoms. The summed E-state index contributed by atoms with van der Waals surface area (Å²) in [6, 6.07) is 12.6. The molecule has 0 atom stereocenters. The van der Waals surface area contributed by atoms with E-state index in [0.29, 0.717) is 61.1 Å². The number of halogens is 1. The van der Waals surface area contributed by atoms with Gasteiger partial charge in [0.2, 0.25) is 0 Å². The lowest BCUT2D eigenvalue weighted by Gasteiger charge is -2.38. The van der Waals surface area contributed by atoms with Gasteiger partial charge in [-0.05, 0) is 37.1 Å². The highest BCUT2D eigenvalue weighted by molar-refractivity contribution is 6.33. The van der Waals surface area contributed by atoms with Crippen LogP contribution >= 0.6 is 11.6 Å². The van der Waals surface area contributed by atoms with Crippen LogP contribution in [0, 0.1) is 0 Å². The van der Waals surface area contributed by atoms with Gasteiger partial charge in [0.1, 0.15) is 5.69 Å². The number of hydrogen-bond acceptors (Lipinski definition) is 4. The third-order valence-corrected chi connectivity index (χ3v) is 6.59. The second kappa shape index (κ2) is 9.69. The molecule has 1 aliphatic carbocycles. The van der Waals surface area contributed by atoms with Crippen molar-refractivity contribution in [2.75, 3.05) is 26.2 Å². The first-order chi connectivity index (χ1) is 15.5. The average molecular weight is 455 g/mol. The van der Waals surface area contributed by atoms with E-state index in [-0.39, 0.29) is 5.91 Å². The quantitative estimate of drug-likeness (QED) is 0.562. The van der Waals surface area contributed by atoms with Crippen LogP contribution in [0.3, 0.4) is 0 Å². The van der Waals surface area contributed by atoms with E-state index in [1.54, 1.807) is 35.4 Å². The Kier molecular flexibility index (Phi) is 6.74. The lowest BCUT2D eigenvalue weighted by atomic mass is 9.82. The summed E-state index contributed by atoms with van der Waals surface area (Å²) in [5.74, 6) is -0.376.